The lowest BCUT2D eigenvalue weighted by molar-refractivity contribution is -0.123. The largest absolute Gasteiger partial charge is 0.492 e. The maximum absolute atomic E-state index is 12.4. The molecule has 0 aliphatic heterocycles. The predicted molar refractivity (Wildman–Crippen MR) is 143 cm³/mol. The Balaban J connectivity index is 1.40. The molecular formula is C26H26BrN3O4S. The van der Waals surface area contributed by atoms with Gasteiger partial charge >= 0.3 is 0 Å². The third-order valence-electron chi connectivity index (χ3n) is 4.82. The summed E-state index contributed by atoms with van der Waals surface area (Å²) in [6, 6.07) is 22.4. The average Bonchev–Trinajstić information content (AvgIpc) is 2.88. The van der Waals surface area contributed by atoms with Crippen molar-refractivity contribution in [3.8, 4) is 22.6 Å². The Bertz CT molecular complexity index is 1160. The molecule has 0 radical (unpaired) electrons. The smallest absolute Gasteiger partial charge is 0.276 e. The van der Waals surface area contributed by atoms with Gasteiger partial charge < -0.3 is 9.47 Å². The summed E-state index contributed by atoms with van der Waals surface area (Å²) in [6.45, 7) is 2.47. The summed E-state index contributed by atoms with van der Waals surface area (Å²) in [5, 5.41) is 2.46. The van der Waals surface area contributed by atoms with E-state index in [0.717, 1.165) is 24.0 Å². The van der Waals surface area contributed by atoms with E-state index >= 15 is 0 Å². The molecule has 0 saturated carbocycles. The first kappa shape index (κ1) is 26.2. The summed E-state index contributed by atoms with van der Waals surface area (Å²) >= 11 is 8.49. The van der Waals surface area contributed by atoms with Crippen molar-refractivity contribution in [3.05, 3.63) is 82.8 Å². The van der Waals surface area contributed by atoms with E-state index in [-0.39, 0.29) is 11.7 Å². The van der Waals surface area contributed by atoms with Crippen LogP contribution in [0.3, 0.4) is 0 Å². The van der Waals surface area contributed by atoms with Crippen molar-refractivity contribution >= 4 is 45.1 Å². The van der Waals surface area contributed by atoms with Gasteiger partial charge in [0.2, 0.25) is 0 Å². The minimum Gasteiger partial charge on any atom is -0.492 e. The second-order valence-corrected chi connectivity index (χ2v) is 8.75. The van der Waals surface area contributed by atoms with Crippen LogP contribution in [0.4, 0.5) is 0 Å². The summed E-state index contributed by atoms with van der Waals surface area (Å²) in [7, 11) is 0. The van der Waals surface area contributed by atoms with E-state index in [1.54, 1.807) is 30.3 Å². The number of amides is 2. The zero-order valence-electron chi connectivity index (χ0n) is 19.2. The van der Waals surface area contributed by atoms with Gasteiger partial charge in [0.1, 0.15) is 11.5 Å². The van der Waals surface area contributed by atoms with Crippen LogP contribution in [-0.2, 0) is 4.79 Å². The van der Waals surface area contributed by atoms with Crippen molar-refractivity contribution in [1.29, 1.82) is 0 Å². The number of benzene rings is 3. The summed E-state index contributed by atoms with van der Waals surface area (Å²) < 4.78 is 11.8. The fraction of sp³-hybridized carbons (Fsp3) is 0.192. The molecule has 3 aromatic carbocycles. The van der Waals surface area contributed by atoms with Crippen LogP contribution < -0.4 is 25.6 Å². The molecule has 0 atom stereocenters. The Morgan fingerprint density at radius 2 is 1.63 bits per heavy atom. The van der Waals surface area contributed by atoms with Crippen LogP contribution in [0.1, 0.15) is 30.1 Å². The van der Waals surface area contributed by atoms with Crippen molar-refractivity contribution < 1.29 is 19.1 Å². The molecule has 0 saturated heterocycles. The molecule has 3 N–H and O–H groups in total. The standard InChI is InChI=1S/C26H26BrN3O4S/c1-2-3-15-33-23-14-11-20(16-22(23)27)25(32)28-26(35)30-29-24(31)17-34-21-12-9-19(10-13-21)18-7-5-4-6-8-18/h4-14,16H,2-3,15,17H2,1H3,(H,29,31)(H2,28,30,32,35). The van der Waals surface area contributed by atoms with Gasteiger partial charge in [-0.25, -0.2) is 0 Å². The molecule has 0 aliphatic carbocycles. The van der Waals surface area contributed by atoms with Crippen LogP contribution in [0.2, 0.25) is 0 Å². The van der Waals surface area contributed by atoms with Crippen LogP contribution in [0.5, 0.6) is 11.5 Å². The number of carbonyl (C=O) groups is 2. The number of carbonyl (C=O) groups excluding carboxylic acids is 2. The molecule has 0 unspecified atom stereocenters. The second-order valence-electron chi connectivity index (χ2n) is 7.48. The molecule has 0 fully saturated rings. The fourth-order valence-electron chi connectivity index (χ4n) is 2.98. The van der Waals surface area contributed by atoms with Gasteiger partial charge in [0.05, 0.1) is 11.1 Å². The molecule has 35 heavy (non-hydrogen) atoms. The molecule has 0 heterocycles. The van der Waals surface area contributed by atoms with E-state index in [0.29, 0.717) is 28.1 Å². The molecule has 7 nitrogen and oxygen atoms in total. The number of hydrazine groups is 1. The lowest BCUT2D eigenvalue weighted by Gasteiger charge is -2.12. The molecule has 9 heteroatoms. The van der Waals surface area contributed by atoms with E-state index in [1.807, 2.05) is 42.5 Å². The number of ether oxygens (including phenoxy) is 2. The van der Waals surface area contributed by atoms with Crippen molar-refractivity contribution in [1.82, 2.24) is 16.2 Å². The molecule has 0 aromatic heterocycles. The Morgan fingerprint density at radius 3 is 2.31 bits per heavy atom. The highest BCUT2D eigenvalue weighted by molar-refractivity contribution is 9.10. The van der Waals surface area contributed by atoms with Gasteiger partial charge in [0, 0.05) is 5.56 Å². The topological polar surface area (TPSA) is 88.7 Å². The van der Waals surface area contributed by atoms with Gasteiger partial charge in [0.25, 0.3) is 11.8 Å². The molecule has 0 bridgehead atoms. The monoisotopic (exact) mass is 555 g/mol. The average molecular weight is 556 g/mol. The highest BCUT2D eigenvalue weighted by atomic mass is 79.9. The van der Waals surface area contributed by atoms with E-state index in [4.69, 9.17) is 21.7 Å². The van der Waals surface area contributed by atoms with Gasteiger partial charge in [-0.1, -0.05) is 55.8 Å². The predicted octanol–water partition coefficient (Wildman–Crippen LogP) is 5.01. The minimum atomic E-state index is -0.454. The van der Waals surface area contributed by atoms with Crippen LogP contribution in [-0.4, -0.2) is 30.1 Å². The van der Waals surface area contributed by atoms with Gasteiger partial charge in [-0.3, -0.25) is 25.8 Å². The van der Waals surface area contributed by atoms with Crippen LogP contribution in [0, 0.1) is 0 Å². The number of halogens is 1. The van der Waals surface area contributed by atoms with Crippen molar-refractivity contribution in [2.45, 2.75) is 19.8 Å². The first-order valence-corrected chi connectivity index (χ1v) is 12.3. The highest BCUT2D eigenvalue weighted by Crippen LogP contribution is 2.26. The Hall–Kier alpha value is -3.43. The number of nitrogens with one attached hydrogen (secondary N) is 3. The Labute approximate surface area is 218 Å². The Kier molecular flexibility index (Phi) is 10.1. The van der Waals surface area contributed by atoms with Crippen molar-refractivity contribution in [2.24, 2.45) is 0 Å². The lowest BCUT2D eigenvalue weighted by atomic mass is 10.1. The van der Waals surface area contributed by atoms with Crippen LogP contribution >= 0.6 is 28.1 Å². The maximum atomic E-state index is 12.4. The maximum Gasteiger partial charge on any atom is 0.276 e. The number of hydrogen-bond acceptors (Lipinski definition) is 5. The van der Waals surface area contributed by atoms with Gasteiger partial charge in [0.15, 0.2) is 11.7 Å². The third kappa shape index (κ3) is 8.38. The van der Waals surface area contributed by atoms with Crippen molar-refractivity contribution in [2.75, 3.05) is 13.2 Å². The highest BCUT2D eigenvalue weighted by Gasteiger charge is 2.12. The van der Waals surface area contributed by atoms with E-state index in [2.05, 4.69) is 39.0 Å². The van der Waals surface area contributed by atoms with E-state index in [1.165, 1.54) is 0 Å². The molecule has 0 spiro atoms. The molecular weight excluding hydrogens is 530 g/mol. The first-order valence-electron chi connectivity index (χ1n) is 11.1. The molecule has 182 valence electrons. The number of rotatable bonds is 9. The minimum absolute atomic E-state index is 0.0463. The second kappa shape index (κ2) is 13.5. The Morgan fingerprint density at radius 1 is 0.914 bits per heavy atom. The summed E-state index contributed by atoms with van der Waals surface area (Å²) in [5.74, 6) is 0.346. The molecule has 3 rings (SSSR count). The van der Waals surface area contributed by atoms with Crippen molar-refractivity contribution in [3.63, 3.8) is 0 Å². The lowest BCUT2D eigenvalue weighted by Crippen LogP contribution is -2.49. The van der Waals surface area contributed by atoms with E-state index < -0.39 is 11.8 Å². The van der Waals surface area contributed by atoms with Gasteiger partial charge in [-0.15, -0.1) is 0 Å². The van der Waals surface area contributed by atoms with Gasteiger partial charge in [-0.05, 0) is 76.0 Å². The number of thiocarbonyl (C=S) groups is 1. The molecule has 0 aliphatic rings. The molecule has 3 aromatic rings. The normalized spacial score (nSPS) is 10.2. The number of unbranched alkanes of at least 4 members (excludes halogenated alkanes) is 1. The zero-order chi connectivity index (χ0) is 25.0. The van der Waals surface area contributed by atoms with Gasteiger partial charge in [-0.2, -0.15) is 0 Å². The first-order chi connectivity index (χ1) is 17.0. The van der Waals surface area contributed by atoms with Crippen LogP contribution in [0.25, 0.3) is 11.1 Å². The SMILES string of the molecule is CCCCOc1ccc(C(=O)NC(=S)NNC(=O)COc2ccc(-c3ccccc3)cc2)cc1Br. The summed E-state index contributed by atoms with van der Waals surface area (Å²) in [6.07, 6.45) is 1.99. The molecule has 2 amide bonds. The quantitative estimate of drug-likeness (QED) is 0.195. The zero-order valence-corrected chi connectivity index (χ0v) is 21.6. The van der Waals surface area contributed by atoms with Crippen LogP contribution in [0.15, 0.2) is 77.3 Å². The van der Waals surface area contributed by atoms with E-state index in [9.17, 15) is 9.59 Å². The summed E-state index contributed by atoms with van der Waals surface area (Å²) in [4.78, 5) is 24.5. The number of hydrogen-bond donors (Lipinski definition) is 3. The third-order valence-corrected chi connectivity index (χ3v) is 5.65. The fourth-order valence-corrected chi connectivity index (χ4v) is 3.61. The summed E-state index contributed by atoms with van der Waals surface area (Å²) in [5.41, 5.74) is 7.43.